The summed E-state index contributed by atoms with van der Waals surface area (Å²) in [5.41, 5.74) is 2.93. The Morgan fingerprint density at radius 1 is 1.15 bits per heavy atom. The number of carbonyl (C=O) groups excluding carboxylic acids is 2. The minimum atomic E-state index is -0.283. The number of benzene rings is 2. The molecule has 0 aliphatic carbocycles. The normalized spacial score (nSPS) is 10.3. The molecule has 0 fully saturated rings. The highest BCUT2D eigenvalue weighted by atomic mass is 16.5. The van der Waals surface area contributed by atoms with Crippen molar-refractivity contribution in [3.05, 3.63) is 78.5 Å². The lowest BCUT2D eigenvalue weighted by molar-refractivity contribution is -0.111. The number of nitrogens with zero attached hydrogens (tertiary/aromatic N) is 1. The van der Waals surface area contributed by atoms with Gasteiger partial charge in [0.15, 0.2) is 5.78 Å². The molecule has 0 aliphatic heterocycles. The molecule has 0 radical (unpaired) electrons. The Morgan fingerprint density at radius 2 is 1.92 bits per heavy atom. The van der Waals surface area contributed by atoms with Crippen LogP contribution in [0, 0.1) is 0 Å². The molecule has 130 valence electrons. The molecule has 0 unspecified atom stereocenters. The Hall–Kier alpha value is -3.47. The molecule has 5 heteroatoms. The molecule has 3 rings (SSSR count). The molecule has 0 atom stereocenters. The third-order valence-corrected chi connectivity index (χ3v) is 3.93. The van der Waals surface area contributed by atoms with Crippen molar-refractivity contribution in [1.82, 2.24) is 4.98 Å². The Morgan fingerprint density at radius 3 is 2.62 bits per heavy atom. The summed E-state index contributed by atoms with van der Waals surface area (Å²) < 4.78 is 5.91. The topological polar surface area (TPSA) is 68.3 Å². The van der Waals surface area contributed by atoms with Gasteiger partial charge in [0, 0.05) is 17.1 Å². The van der Waals surface area contributed by atoms with Crippen LogP contribution in [0.2, 0.25) is 0 Å². The molecule has 0 saturated carbocycles. The average Bonchev–Trinajstić information content (AvgIpc) is 2.67. The zero-order chi connectivity index (χ0) is 18.5. The molecule has 1 heterocycles. The number of hydrogen-bond acceptors (Lipinski definition) is 4. The molecular formula is C21H18N2O3. The van der Waals surface area contributed by atoms with E-state index in [0.717, 1.165) is 10.9 Å². The van der Waals surface area contributed by atoms with Gasteiger partial charge >= 0.3 is 0 Å². The van der Waals surface area contributed by atoms with E-state index in [4.69, 9.17) is 4.74 Å². The summed E-state index contributed by atoms with van der Waals surface area (Å²) in [7, 11) is 0. The van der Waals surface area contributed by atoms with E-state index in [1.807, 2.05) is 18.2 Å². The average molecular weight is 346 g/mol. The molecule has 0 spiro atoms. The van der Waals surface area contributed by atoms with Crippen molar-refractivity contribution < 1.29 is 14.3 Å². The highest BCUT2D eigenvalue weighted by molar-refractivity contribution is 6.06. The van der Waals surface area contributed by atoms with Crippen LogP contribution in [-0.2, 0) is 11.4 Å². The van der Waals surface area contributed by atoms with Crippen LogP contribution in [0.15, 0.2) is 67.4 Å². The summed E-state index contributed by atoms with van der Waals surface area (Å²) in [6.07, 6.45) is 2.90. The van der Waals surface area contributed by atoms with Crippen molar-refractivity contribution in [3.8, 4) is 5.75 Å². The van der Waals surface area contributed by atoms with Crippen molar-refractivity contribution in [2.75, 3.05) is 5.32 Å². The molecule has 0 aliphatic rings. The molecule has 2 aromatic carbocycles. The maximum atomic E-state index is 11.6. The van der Waals surface area contributed by atoms with Crippen LogP contribution in [0.3, 0.4) is 0 Å². The highest BCUT2D eigenvalue weighted by Gasteiger charge is 2.10. The predicted molar refractivity (Wildman–Crippen MR) is 101 cm³/mol. The summed E-state index contributed by atoms with van der Waals surface area (Å²) in [6.45, 7) is 5.35. The van der Waals surface area contributed by atoms with Gasteiger partial charge in [0.2, 0.25) is 5.91 Å². The molecule has 1 N–H and O–H groups in total. The van der Waals surface area contributed by atoms with E-state index in [1.54, 1.807) is 36.5 Å². The molecule has 0 bridgehead atoms. The van der Waals surface area contributed by atoms with Gasteiger partial charge in [0.25, 0.3) is 0 Å². The number of hydrogen-bond donors (Lipinski definition) is 1. The van der Waals surface area contributed by atoms with Crippen LogP contribution in [0.25, 0.3) is 10.9 Å². The SMILES string of the molecule is C=CC(=O)Nc1ccc(OCc2ccc(C(C)=O)cc2)c2ncccc12. The second-order valence-corrected chi connectivity index (χ2v) is 5.75. The minimum Gasteiger partial charge on any atom is -0.487 e. The standard InChI is InChI=1S/C21H18N2O3/c1-3-20(25)23-18-10-11-19(21-17(18)5-4-12-22-21)26-13-15-6-8-16(9-7-15)14(2)24/h3-12H,1,13H2,2H3,(H,23,25). The lowest BCUT2D eigenvalue weighted by atomic mass is 10.1. The number of aromatic nitrogens is 1. The smallest absolute Gasteiger partial charge is 0.247 e. The quantitative estimate of drug-likeness (QED) is 0.538. The van der Waals surface area contributed by atoms with Gasteiger partial charge in [0.1, 0.15) is 17.9 Å². The van der Waals surface area contributed by atoms with E-state index >= 15 is 0 Å². The number of Topliss-reactive ketones (excluding diaryl/α,β-unsaturated/α-hetero) is 1. The van der Waals surface area contributed by atoms with E-state index in [9.17, 15) is 9.59 Å². The number of rotatable bonds is 6. The van der Waals surface area contributed by atoms with Gasteiger partial charge in [-0.2, -0.15) is 0 Å². The summed E-state index contributed by atoms with van der Waals surface area (Å²) in [5, 5.41) is 3.55. The number of anilines is 1. The van der Waals surface area contributed by atoms with Crippen LogP contribution < -0.4 is 10.1 Å². The molecule has 26 heavy (non-hydrogen) atoms. The van der Waals surface area contributed by atoms with Crippen LogP contribution in [0.5, 0.6) is 5.75 Å². The van der Waals surface area contributed by atoms with Crippen LogP contribution in [0.1, 0.15) is 22.8 Å². The largest absolute Gasteiger partial charge is 0.487 e. The number of ether oxygens (including phenoxy) is 1. The predicted octanol–water partition coefficient (Wildman–Crippen LogP) is 4.14. The zero-order valence-corrected chi connectivity index (χ0v) is 14.4. The monoisotopic (exact) mass is 346 g/mol. The van der Waals surface area contributed by atoms with Gasteiger partial charge in [-0.05, 0) is 42.8 Å². The van der Waals surface area contributed by atoms with Gasteiger partial charge in [-0.1, -0.05) is 30.8 Å². The molecule has 0 saturated heterocycles. The first-order valence-electron chi connectivity index (χ1n) is 8.12. The van der Waals surface area contributed by atoms with Crippen molar-refractivity contribution >= 4 is 28.3 Å². The van der Waals surface area contributed by atoms with Crippen molar-refractivity contribution in [2.45, 2.75) is 13.5 Å². The van der Waals surface area contributed by atoms with Crippen LogP contribution >= 0.6 is 0 Å². The summed E-state index contributed by atoms with van der Waals surface area (Å²) in [6, 6.07) is 14.5. The van der Waals surface area contributed by atoms with E-state index in [1.165, 1.54) is 13.0 Å². The first-order valence-corrected chi connectivity index (χ1v) is 8.12. The Labute approximate surface area is 151 Å². The number of ketones is 1. The van der Waals surface area contributed by atoms with E-state index in [2.05, 4.69) is 16.9 Å². The summed E-state index contributed by atoms with van der Waals surface area (Å²) >= 11 is 0. The lowest BCUT2D eigenvalue weighted by Gasteiger charge is -2.12. The van der Waals surface area contributed by atoms with Crippen molar-refractivity contribution in [2.24, 2.45) is 0 Å². The van der Waals surface area contributed by atoms with Gasteiger partial charge in [-0.25, -0.2) is 0 Å². The number of amides is 1. The first-order chi connectivity index (χ1) is 12.6. The fourth-order valence-electron chi connectivity index (χ4n) is 2.55. The summed E-state index contributed by atoms with van der Waals surface area (Å²) in [5.74, 6) is 0.368. The van der Waals surface area contributed by atoms with Crippen LogP contribution in [0.4, 0.5) is 5.69 Å². The van der Waals surface area contributed by atoms with Gasteiger partial charge in [-0.3, -0.25) is 14.6 Å². The number of nitrogens with one attached hydrogen (secondary N) is 1. The van der Waals surface area contributed by atoms with Crippen molar-refractivity contribution in [1.29, 1.82) is 0 Å². The first kappa shape index (κ1) is 17.4. The minimum absolute atomic E-state index is 0.0322. The zero-order valence-electron chi connectivity index (χ0n) is 14.4. The fourth-order valence-corrected chi connectivity index (χ4v) is 2.55. The lowest BCUT2D eigenvalue weighted by Crippen LogP contribution is -2.08. The van der Waals surface area contributed by atoms with E-state index < -0.39 is 0 Å². The molecular weight excluding hydrogens is 328 g/mol. The van der Waals surface area contributed by atoms with Gasteiger partial charge < -0.3 is 10.1 Å². The third-order valence-electron chi connectivity index (χ3n) is 3.93. The van der Waals surface area contributed by atoms with E-state index in [-0.39, 0.29) is 11.7 Å². The molecule has 1 aromatic heterocycles. The van der Waals surface area contributed by atoms with Crippen LogP contribution in [-0.4, -0.2) is 16.7 Å². The number of pyridine rings is 1. The number of fused-ring (bicyclic) bond motifs is 1. The van der Waals surface area contributed by atoms with Crippen molar-refractivity contribution in [3.63, 3.8) is 0 Å². The maximum Gasteiger partial charge on any atom is 0.247 e. The second-order valence-electron chi connectivity index (χ2n) is 5.75. The Kier molecular flexibility index (Phi) is 5.08. The van der Waals surface area contributed by atoms with Gasteiger partial charge in [-0.15, -0.1) is 0 Å². The highest BCUT2D eigenvalue weighted by Crippen LogP contribution is 2.30. The fraction of sp³-hybridized carbons (Fsp3) is 0.0952. The molecule has 1 amide bonds. The Balaban J connectivity index is 1.84. The Bertz CT molecular complexity index is 978. The number of carbonyl (C=O) groups is 2. The van der Waals surface area contributed by atoms with E-state index in [0.29, 0.717) is 29.1 Å². The molecule has 5 nitrogen and oxygen atoms in total. The summed E-state index contributed by atoms with van der Waals surface area (Å²) in [4.78, 5) is 27.3. The van der Waals surface area contributed by atoms with Gasteiger partial charge in [0.05, 0.1) is 5.69 Å². The molecule has 3 aromatic rings. The second kappa shape index (κ2) is 7.61. The maximum absolute atomic E-state index is 11.6. The third kappa shape index (κ3) is 3.78.